The van der Waals surface area contributed by atoms with Crippen LogP contribution in [0, 0.1) is 0 Å². The summed E-state index contributed by atoms with van der Waals surface area (Å²) >= 11 is 0. The monoisotopic (exact) mass is 504 g/mol. The number of hydrogen-bond acceptors (Lipinski definition) is 4. The zero-order valence-electron chi connectivity index (χ0n) is 17.5. The number of aliphatic imine (C=N–C) groups is 1. The van der Waals surface area contributed by atoms with Crippen LogP contribution in [0.2, 0.25) is 0 Å². The van der Waals surface area contributed by atoms with Gasteiger partial charge in [0.05, 0.1) is 19.8 Å². The molecule has 0 aliphatic carbocycles. The van der Waals surface area contributed by atoms with E-state index in [1.165, 1.54) is 19.4 Å². The van der Waals surface area contributed by atoms with Crippen LogP contribution in [-0.2, 0) is 0 Å². The number of unbranched alkanes of at least 4 members (excludes halogenated alkanes) is 1. The molecule has 2 rings (SSSR count). The molecule has 0 saturated carbocycles. The summed E-state index contributed by atoms with van der Waals surface area (Å²) in [5.41, 5.74) is 0.847. The van der Waals surface area contributed by atoms with E-state index in [4.69, 9.17) is 4.74 Å². The highest BCUT2D eigenvalue weighted by molar-refractivity contribution is 14.0. The lowest BCUT2D eigenvalue weighted by molar-refractivity contribution is 0.186. The largest absolute Gasteiger partial charge is 0.497 e. The van der Waals surface area contributed by atoms with Crippen LogP contribution < -0.4 is 15.4 Å². The first kappa shape index (κ1) is 25.0. The van der Waals surface area contributed by atoms with Crippen LogP contribution >= 0.6 is 24.0 Å². The molecule has 0 radical (unpaired) electrons. The van der Waals surface area contributed by atoms with Crippen molar-refractivity contribution >= 4 is 29.9 Å². The fourth-order valence-corrected chi connectivity index (χ4v) is 3.31. The van der Waals surface area contributed by atoms with E-state index >= 15 is 0 Å². The van der Waals surface area contributed by atoms with Gasteiger partial charge in [-0.3, -0.25) is 4.99 Å². The minimum absolute atomic E-state index is 0. The number of methoxy groups -OCH3 is 1. The summed E-state index contributed by atoms with van der Waals surface area (Å²) in [5.74, 6) is 1.58. The molecule has 1 unspecified atom stereocenters. The predicted molar refractivity (Wildman–Crippen MR) is 127 cm³/mol. The normalized spacial score (nSPS) is 16.9. The first-order valence-electron chi connectivity index (χ1n) is 10.3. The number of guanidine groups is 1. The van der Waals surface area contributed by atoms with E-state index in [9.17, 15) is 5.11 Å². The van der Waals surface area contributed by atoms with Crippen molar-refractivity contribution in [2.24, 2.45) is 4.99 Å². The highest BCUT2D eigenvalue weighted by atomic mass is 127. The lowest BCUT2D eigenvalue weighted by Gasteiger charge is -2.33. The molecule has 1 fully saturated rings. The van der Waals surface area contributed by atoms with Crippen molar-refractivity contribution in [3.63, 3.8) is 0 Å². The summed E-state index contributed by atoms with van der Waals surface area (Å²) in [7, 11) is 1.64. The SMILES string of the molecule is CCCCN1CCC(NC(=NCC(O)c2ccc(OC)cc2)NCC)CC1.I. The minimum Gasteiger partial charge on any atom is -0.497 e. The molecule has 1 aliphatic heterocycles. The third kappa shape index (κ3) is 8.53. The Bertz CT molecular complexity index is 560. The van der Waals surface area contributed by atoms with Gasteiger partial charge in [-0.05, 0) is 50.4 Å². The summed E-state index contributed by atoms with van der Waals surface area (Å²) in [6.07, 6.45) is 4.18. The number of benzene rings is 1. The lowest BCUT2D eigenvalue weighted by atomic mass is 10.0. The van der Waals surface area contributed by atoms with Gasteiger partial charge >= 0.3 is 0 Å². The molecule has 0 aromatic heterocycles. The summed E-state index contributed by atoms with van der Waals surface area (Å²) in [6.45, 7) is 8.94. The van der Waals surface area contributed by atoms with E-state index in [1.807, 2.05) is 24.3 Å². The number of likely N-dealkylation sites (tertiary alicyclic amines) is 1. The average molecular weight is 504 g/mol. The second-order valence-electron chi connectivity index (χ2n) is 7.12. The van der Waals surface area contributed by atoms with E-state index < -0.39 is 6.10 Å². The average Bonchev–Trinajstić information content (AvgIpc) is 2.71. The van der Waals surface area contributed by atoms with Gasteiger partial charge in [0.25, 0.3) is 0 Å². The van der Waals surface area contributed by atoms with Gasteiger partial charge in [-0.15, -0.1) is 24.0 Å². The van der Waals surface area contributed by atoms with E-state index in [2.05, 4.69) is 34.4 Å². The molecule has 3 N–H and O–H groups in total. The van der Waals surface area contributed by atoms with Crippen molar-refractivity contribution in [2.75, 3.05) is 39.8 Å². The zero-order valence-corrected chi connectivity index (χ0v) is 19.8. The minimum atomic E-state index is -0.623. The van der Waals surface area contributed by atoms with Crippen molar-refractivity contribution in [3.8, 4) is 5.75 Å². The summed E-state index contributed by atoms with van der Waals surface area (Å²) in [4.78, 5) is 7.15. The molecule has 6 nitrogen and oxygen atoms in total. The van der Waals surface area contributed by atoms with Crippen molar-refractivity contribution in [3.05, 3.63) is 29.8 Å². The lowest BCUT2D eigenvalue weighted by Crippen LogP contribution is -2.48. The molecule has 0 amide bonds. The number of halogens is 1. The van der Waals surface area contributed by atoms with E-state index in [0.717, 1.165) is 49.7 Å². The van der Waals surface area contributed by atoms with E-state index in [0.29, 0.717) is 12.6 Å². The summed E-state index contributed by atoms with van der Waals surface area (Å²) < 4.78 is 5.16. The number of rotatable bonds is 9. The maximum atomic E-state index is 10.4. The van der Waals surface area contributed by atoms with Crippen LogP contribution in [0.4, 0.5) is 0 Å². The van der Waals surface area contributed by atoms with Gasteiger partial charge in [0, 0.05) is 25.7 Å². The molecule has 1 aromatic carbocycles. The molecule has 7 heteroatoms. The topological polar surface area (TPSA) is 69.1 Å². The summed E-state index contributed by atoms with van der Waals surface area (Å²) in [6, 6.07) is 7.92. The Morgan fingerprint density at radius 1 is 1.25 bits per heavy atom. The predicted octanol–water partition coefficient (Wildman–Crippen LogP) is 3.17. The highest BCUT2D eigenvalue weighted by Crippen LogP contribution is 2.18. The summed E-state index contributed by atoms with van der Waals surface area (Å²) in [5, 5.41) is 17.2. The molecule has 28 heavy (non-hydrogen) atoms. The molecular formula is C21H37IN4O2. The van der Waals surface area contributed by atoms with Crippen LogP contribution in [0.5, 0.6) is 5.75 Å². The molecule has 1 saturated heterocycles. The van der Waals surface area contributed by atoms with Gasteiger partial charge in [0.1, 0.15) is 5.75 Å². The Balaban J connectivity index is 0.00000392. The zero-order chi connectivity index (χ0) is 19.5. The van der Waals surface area contributed by atoms with Crippen LogP contribution in [0.3, 0.4) is 0 Å². The molecule has 1 aromatic rings. The van der Waals surface area contributed by atoms with Crippen molar-refractivity contribution < 1.29 is 9.84 Å². The second kappa shape index (κ2) is 14.0. The number of hydrogen-bond donors (Lipinski definition) is 3. The highest BCUT2D eigenvalue weighted by Gasteiger charge is 2.19. The van der Waals surface area contributed by atoms with E-state index in [1.54, 1.807) is 7.11 Å². The quantitative estimate of drug-likeness (QED) is 0.274. The van der Waals surface area contributed by atoms with Crippen LogP contribution in [0.25, 0.3) is 0 Å². The number of aliphatic hydroxyl groups excluding tert-OH is 1. The molecule has 1 aliphatic rings. The van der Waals surface area contributed by atoms with Crippen molar-refractivity contribution in [1.82, 2.24) is 15.5 Å². The molecule has 0 spiro atoms. The van der Waals surface area contributed by atoms with Crippen LogP contribution in [-0.4, -0.2) is 61.8 Å². The third-order valence-electron chi connectivity index (χ3n) is 5.02. The first-order chi connectivity index (χ1) is 13.2. The van der Waals surface area contributed by atoms with Gasteiger partial charge in [0.15, 0.2) is 5.96 Å². The Kier molecular flexibility index (Phi) is 12.5. The first-order valence-corrected chi connectivity index (χ1v) is 10.3. The van der Waals surface area contributed by atoms with Crippen LogP contribution in [0.1, 0.15) is 51.2 Å². The number of nitrogens with zero attached hydrogens (tertiary/aromatic N) is 2. The fraction of sp³-hybridized carbons (Fsp3) is 0.667. The third-order valence-corrected chi connectivity index (χ3v) is 5.02. The molecule has 1 atom stereocenters. The van der Waals surface area contributed by atoms with Crippen molar-refractivity contribution in [1.29, 1.82) is 0 Å². The second-order valence-corrected chi connectivity index (χ2v) is 7.12. The van der Waals surface area contributed by atoms with Crippen molar-refractivity contribution in [2.45, 2.75) is 51.7 Å². The standard InChI is InChI=1S/C21H36N4O2.HI/c1-4-6-13-25-14-11-18(12-15-25)24-21(22-5-2)23-16-20(26)17-7-9-19(27-3)10-8-17;/h7-10,18,20,26H,4-6,11-16H2,1-3H3,(H2,22,23,24);1H. The Hall–Kier alpha value is -1.06. The smallest absolute Gasteiger partial charge is 0.191 e. The maximum absolute atomic E-state index is 10.4. The van der Waals surface area contributed by atoms with E-state index in [-0.39, 0.29) is 24.0 Å². The Morgan fingerprint density at radius 2 is 1.93 bits per heavy atom. The van der Waals surface area contributed by atoms with Gasteiger partial charge in [-0.25, -0.2) is 0 Å². The molecule has 160 valence electrons. The Labute approximate surface area is 187 Å². The van der Waals surface area contributed by atoms with Gasteiger partial charge in [0.2, 0.25) is 0 Å². The number of aliphatic hydroxyl groups is 1. The molecule has 0 bridgehead atoms. The maximum Gasteiger partial charge on any atom is 0.191 e. The van der Waals surface area contributed by atoms with Crippen LogP contribution in [0.15, 0.2) is 29.3 Å². The Morgan fingerprint density at radius 3 is 2.50 bits per heavy atom. The van der Waals surface area contributed by atoms with Gasteiger partial charge in [-0.1, -0.05) is 25.5 Å². The number of nitrogens with one attached hydrogen (secondary N) is 2. The molecule has 1 heterocycles. The molecular weight excluding hydrogens is 467 g/mol. The van der Waals surface area contributed by atoms with Gasteiger partial charge in [-0.2, -0.15) is 0 Å². The fourth-order valence-electron chi connectivity index (χ4n) is 3.31. The number of piperidine rings is 1. The number of ether oxygens (including phenoxy) is 1. The van der Waals surface area contributed by atoms with Gasteiger partial charge < -0.3 is 25.4 Å².